The van der Waals surface area contributed by atoms with Gasteiger partial charge in [-0.15, -0.1) is 0 Å². The van der Waals surface area contributed by atoms with Gasteiger partial charge in [-0.1, -0.05) is 152 Å². The van der Waals surface area contributed by atoms with E-state index in [0.29, 0.717) is 0 Å². The van der Waals surface area contributed by atoms with E-state index in [1.54, 1.807) is 0 Å². The van der Waals surface area contributed by atoms with Crippen molar-refractivity contribution in [2.45, 2.75) is 32.2 Å². The summed E-state index contributed by atoms with van der Waals surface area (Å²) < 4.78 is 2.45. The summed E-state index contributed by atoms with van der Waals surface area (Å²) in [5, 5.41) is 5.12. The van der Waals surface area contributed by atoms with Crippen LogP contribution in [-0.2, 0) is 6.42 Å². The molecule has 0 saturated carbocycles. The van der Waals surface area contributed by atoms with Crippen LogP contribution in [0.3, 0.4) is 0 Å². The van der Waals surface area contributed by atoms with Crippen LogP contribution < -0.4 is 5.32 Å². The Morgan fingerprint density at radius 1 is 0.588 bits per heavy atom. The Kier molecular flexibility index (Phi) is 8.06. The zero-order valence-corrected chi connectivity index (χ0v) is 28.9. The molecule has 6 aromatic carbocycles. The molecule has 2 heteroatoms. The molecule has 2 aliphatic rings. The molecule has 0 amide bonds. The Bertz CT molecular complexity index is 2450. The number of para-hydroxylation sites is 2. The van der Waals surface area contributed by atoms with Crippen molar-refractivity contribution >= 4 is 28.2 Å². The summed E-state index contributed by atoms with van der Waals surface area (Å²) >= 11 is 0. The zero-order chi connectivity index (χ0) is 34.1. The third kappa shape index (κ3) is 5.93. The van der Waals surface area contributed by atoms with Gasteiger partial charge in [0.25, 0.3) is 0 Å². The molecule has 2 aliphatic carbocycles. The van der Waals surface area contributed by atoms with Crippen LogP contribution in [0.4, 0.5) is 5.69 Å². The van der Waals surface area contributed by atoms with E-state index in [-0.39, 0.29) is 6.04 Å². The maximum atomic E-state index is 3.79. The van der Waals surface area contributed by atoms with E-state index in [1.807, 2.05) is 0 Å². The highest BCUT2D eigenvalue weighted by atomic mass is 15.0. The van der Waals surface area contributed by atoms with Crippen molar-refractivity contribution in [3.8, 4) is 39.1 Å². The maximum absolute atomic E-state index is 3.79. The Morgan fingerprint density at radius 2 is 1.20 bits per heavy atom. The Morgan fingerprint density at radius 3 is 1.88 bits per heavy atom. The summed E-state index contributed by atoms with van der Waals surface area (Å²) in [6.07, 6.45) is 14.6. The average molecular weight is 657 g/mol. The second kappa shape index (κ2) is 13.3. The Hall–Kier alpha value is -6.12. The van der Waals surface area contributed by atoms with Crippen molar-refractivity contribution in [2.75, 3.05) is 5.32 Å². The zero-order valence-electron chi connectivity index (χ0n) is 28.9. The van der Waals surface area contributed by atoms with Gasteiger partial charge in [0.05, 0.1) is 5.52 Å². The van der Waals surface area contributed by atoms with Gasteiger partial charge >= 0.3 is 0 Å². The minimum Gasteiger partial charge on any atom is -0.378 e. The number of aromatic nitrogens is 1. The van der Waals surface area contributed by atoms with Crippen LogP contribution in [0.5, 0.6) is 0 Å². The SMILES string of the molecule is Cc1ccccc1-c1ccccc1NC1C=CC(c2ccc(-c3ccc(-c4ccc(-n5c6c(c7ccccc75)C=CCC6)cc4)cc3)cc2)=CC1. The van der Waals surface area contributed by atoms with Crippen LogP contribution >= 0.6 is 0 Å². The summed E-state index contributed by atoms with van der Waals surface area (Å²) in [6, 6.07) is 53.3. The summed E-state index contributed by atoms with van der Waals surface area (Å²) in [7, 11) is 0. The fourth-order valence-corrected chi connectivity index (χ4v) is 7.84. The van der Waals surface area contributed by atoms with Crippen LogP contribution in [0, 0.1) is 6.92 Å². The number of allylic oxidation sites excluding steroid dienone is 3. The number of benzene rings is 6. The fourth-order valence-electron chi connectivity index (χ4n) is 7.84. The molecular formula is C49H40N2. The van der Waals surface area contributed by atoms with Gasteiger partial charge < -0.3 is 9.88 Å². The smallest absolute Gasteiger partial charge is 0.0537 e. The van der Waals surface area contributed by atoms with Crippen molar-refractivity contribution in [1.82, 2.24) is 4.57 Å². The molecule has 1 aromatic heterocycles. The Labute approximate surface area is 300 Å². The number of anilines is 1. The average Bonchev–Trinajstić information content (AvgIpc) is 3.53. The van der Waals surface area contributed by atoms with Gasteiger partial charge in [-0.25, -0.2) is 0 Å². The van der Waals surface area contributed by atoms with Crippen molar-refractivity contribution in [3.63, 3.8) is 0 Å². The standard InChI is InChI=1S/C49H40N2/c1-34-10-2-3-11-43(34)44-12-4-7-15-47(44)50-41-30-26-39(27-31-41)37-22-18-35(19-23-37)36-20-24-38(25-21-36)40-28-32-42(33-29-40)51-48-16-8-5-13-45(48)46-14-6-9-17-49(46)51/h2-8,10-16,18-30,32-33,41,50H,9,17,31H2,1H3. The van der Waals surface area contributed by atoms with Crippen molar-refractivity contribution in [1.29, 1.82) is 0 Å². The minimum absolute atomic E-state index is 0.254. The van der Waals surface area contributed by atoms with Crippen LogP contribution in [0.15, 0.2) is 170 Å². The largest absolute Gasteiger partial charge is 0.378 e. The second-order valence-corrected chi connectivity index (χ2v) is 13.7. The molecule has 51 heavy (non-hydrogen) atoms. The highest BCUT2D eigenvalue weighted by molar-refractivity contribution is 5.93. The summed E-state index contributed by atoms with van der Waals surface area (Å²) in [6.45, 7) is 2.18. The van der Waals surface area contributed by atoms with E-state index < -0.39 is 0 Å². The lowest BCUT2D eigenvalue weighted by atomic mass is 9.94. The summed E-state index contributed by atoms with van der Waals surface area (Å²) in [4.78, 5) is 0. The molecule has 7 aromatic rings. The third-order valence-corrected chi connectivity index (χ3v) is 10.5. The van der Waals surface area contributed by atoms with E-state index in [1.165, 1.54) is 83.6 Å². The molecule has 246 valence electrons. The topological polar surface area (TPSA) is 17.0 Å². The molecule has 0 bridgehead atoms. The monoisotopic (exact) mass is 656 g/mol. The van der Waals surface area contributed by atoms with Crippen molar-refractivity contribution in [3.05, 3.63) is 192 Å². The highest BCUT2D eigenvalue weighted by Gasteiger charge is 2.18. The Balaban J connectivity index is 0.873. The number of nitrogens with zero attached hydrogens (tertiary/aromatic N) is 1. The van der Waals surface area contributed by atoms with Gasteiger partial charge in [0.2, 0.25) is 0 Å². The molecule has 1 heterocycles. The van der Waals surface area contributed by atoms with E-state index in [9.17, 15) is 0 Å². The number of aryl methyl sites for hydroxylation is 1. The van der Waals surface area contributed by atoms with Crippen LogP contribution in [0.2, 0.25) is 0 Å². The van der Waals surface area contributed by atoms with Crippen molar-refractivity contribution < 1.29 is 0 Å². The first-order valence-corrected chi connectivity index (χ1v) is 18.1. The number of hydrogen-bond donors (Lipinski definition) is 1. The first kappa shape index (κ1) is 30.9. The fraction of sp³-hybridized carbons (Fsp3) is 0.102. The predicted molar refractivity (Wildman–Crippen MR) is 217 cm³/mol. The first-order chi connectivity index (χ1) is 25.2. The predicted octanol–water partition coefficient (Wildman–Crippen LogP) is 12.7. The highest BCUT2D eigenvalue weighted by Crippen LogP contribution is 2.36. The number of rotatable bonds is 7. The number of nitrogens with one attached hydrogen (secondary N) is 1. The summed E-state index contributed by atoms with van der Waals surface area (Å²) in [5.41, 5.74) is 17.7. The molecule has 1 unspecified atom stereocenters. The molecule has 2 nitrogen and oxygen atoms in total. The molecule has 0 radical (unpaired) electrons. The molecule has 0 saturated heterocycles. The number of fused-ring (bicyclic) bond motifs is 3. The minimum atomic E-state index is 0.254. The lowest BCUT2D eigenvalue weighted by molar-refractivity contribution is 0.886. The van der Waals surface area contributed by atoms with Crippen molar-refractivity contribution in [2.24, 2.45) is 0 Å². The van der Waals surface area contributed by atoms with Gasteiger partial charge in [-0.2, -0.15) is 0 Å². The molecule has 0 spiro atoms. The normalized spacial score (nSPS) is 15.1. The quantitative estimate of drug-likeness (QED) is 0.181. The first-order valence-electron chi connectivity index (χ1n) is 18.1. The van der Waals surface area contributed by atoms with E-state index in [4.69, 9.17) is 0 Å². The van der Waals surface area contributed by atoms with Crippen LogP contribution in [0.25, 0.3) is 61.6 Å². The third-order valence-electron chi connectivity index (χ3n) is 10.5. The van der Waals surface area contributed by atoms with E-state index >= 15 is 0 Å². The van der Waals surface area contributed by atoms with Crippen LogP contribution in [-0.4, -0.2) is 10.6 Å². The van der Waals surface area contributed by atoms with Gasteiger partial charge in [0.15, 0.2) is 0 Å². The molecule has 0 aliphatic heterocycles. The number of hydrogen-bond acceptors (Lipinski definition) is 1. The van der Waals surface area contributed by atoms with Crippen LogP contribution in [0.1, 0.15) is 35.2 Å². The second-order valence-electron chi connectivity index (χ2n) is 13.7. The van der Waals surface area contributed by atoms with E-state index in [0.717, 1.165) is 19.3 Å². The lowest BCUT2D eigenvalue weighted by Crippen LogP contribution is -2.18. The van der Waals surface area contributed by atoms with Gasteiger partial charge in [-0.05, 0) is 95.0 Å². The molecule has 0 fully saturated rings. The molecule has 1 atom stereocenters. The summed E-state index contributed by atoms with van der Waals surface area (Å²) in [5.74, 6) is 0. The van der Waals surface area contributed by atoms with Gasteiger partial charge in [-0.3, -0.25) is 0 Å². The molecule has 9 rings (SSSR count). The molecular weight excluding hydrogens is 617 g/mol. The maximum Gasteiger partial charge on any atom is 0.0537 e. The molecule has 1 N–H and O–H groups in total. The lowest BCUT2D eigenvalue weighted by Gasteiger charge is -2.22. The van der Waals surface area contributed by atoms with Gasteiger partial charge in [0.1, 0.15) is 0 Å². The van der Waals surface area contributed by atoms with E-state index in [2.05, 4.69) is 193 Å². The van der Waals surface area contributed by atoms with Gasteiger partial charge in [0, 0.05) is 39.6 Å².